The number of carboxylic acid groups (broad SMARTS) is 1. The van der Waals surface area contributed by atoms with Gasteiger partial charge in [-0.1, -0.05) is 5.21 Å². The third-order valence-corrected chi connectivity index (χ3v) is 4.60. The number of rotatable bonds is 6. The first-order valence-electron chi connectivity index (χ1n) is 6.60. The summed E-state index contributed by atoms with van der Waals surface area (Å²) in [6.45, 7) is 3.94. The van der Waals surface area contributed by atoms with Crippen molar-refractivity contribution in [2.45, 2.75) is 49.9 Å². The third-order valence-electron chi connectivity index (χ3n) is 3.19. The number of ether oxygens (including phenoxy) is 1. The van der Waals surface area contributed by atoms with Gasteiger partial charge in [-0.25, -0.2) is 13.1 Å². The van der Waals surface area contributed by atoms with Crippen molar-refractivity contribution in [1.82, 2.24) is 19.7 Å². The van der Waals surface area contributed by atoms with Crippen LogP contribution in [0.4, 0.5) is 0 Å². The van der Waals surface area contributed by atoms with Crippen molar-refractivity contribution in [2.75, 3.05) is 6.61 Å². The third kappa shape index (κ3) is 3.39. The van der Waals surface area contributed by atoms with Crippen molar-refractivity contribution in [2.24, 2.45) is 0 Å². The number of aliphatic carboxylic acids is 1. The Kier molecular flexibility index (Phi) is 4.59. The number of carboxylic acids is 1. The average molecular weight is 318 g/mol. The van der Waals surface area contributed by atoms with Crippen LogP contribution in [-0.2, 0) is 19.6 Å². The van der Waals surface area contributed by atoms with Gasteiger partial charge in [-0.2, -0.15) is 4.72 Å². The summed E-state index contributed by atoms with van der Waals surface area (Å²) in [6, 6.07) is -1.54. The Hall–Kier alpha value is -1.52. The van der Waals surface area contributed by atoms with Crippen molar-refractivity contribution in [1.29, 1.82) is 0 Å². The van der Waals surface area contributed by atoms with Crippen LogP contribution in [-0.4, -0.2) is 53.2 Å². The van der Waals surface area contributed by atoms with E-state index < -0.39 is 28.1 Å². The molecule has 0 spiro atoms. The summed E-state index contributed by atoms with van der Waals surface area (Å²) in [4.78, 5) is 11.3. The van der Waals surface area contributed by atoms with E-state index in [4.69, 9.17) is 4.74 Å². The highest BCUT2D eigenvalue weighted by molar-refractivity contribution is 7.89. The molecule has 1 aliphatic heterocycles. The minimum Gasteiger partial charge on any atom is -0.480 e. The molecule has 1 aromatic rings. The lowest BCUT2D eigenvalue weighted by molar-refractivity contribution is -0.142. The van der Waals surface area contributed by atoms with Crippen LogP contribution in [0.25, 0.3) is 0 Å². The number of hydrogen-bond donors (Lipinski definition) is 2. The van der Waals surface area contributed by atoms with Crippen LogP contribution in [0.15, 0.2) is 11.2 Å². The quantitative estimate of drug-likeness (QED) is 0.742. The molecule has 2 N–H and O–H groups in total. The molecule has 2 rings (SSSR count). The summed E-state index contributed by atoms with van der Waals surface area (Å²) in [6.07, 6.45) is 1.64. The number of hydrogen-bond acceptors (Lipinski definition) is 6. The molecule has 0 saturated carbocycles. The lowest BCUT2D eigenvalue weighted by Crippen LogP contribution is -2.48. The van der Waals surface area contributed by atoms with E-state index in [1.54, 1.807) is 13.8 Å². The number of nitrogens with zero attached hydrogens (tertiary/aromatic N) is 3. The standard InChI is InChI=1S/C11H18N4O5S/c1-7(2)15-9(6-12-14-15)21(18,19)13-10(11(16)17)8-4-3-5-20-8/h6-8,10,13H,3-5H2,1-2H3,(H,16,17). The fourth-order valence-electron chi connectivity index (χ4n) is 2.16. The molecular weight excluding hydrogens is 300 g/mol. The minimum absolute atomic E-state index is 0.165. The second kappa shape index (κ2) is 6.08. The SMILES string of the molecule is CC(C)n1nncc1S(=O)(=O)NC(C(=O)O)C1CCCO1. The van der Waals surface area contributed by atoms with Crippen molar-refractivity contribution in [3.05, 3.63) is 6.20 Å². The molecular formula is C11H18N4O5S. The zero-order chi connectivity index (χ0) is 15.6. The van der Waals surface area contributed by atoms with Gasteiger partial charge in [0.15, 0.2) is 5.03 Å². The van der Waals surface area contributed by atoms with Crippen molar-refractivity contribution >= 4 is 16.0 Å². The Morgan fingerprint density at radius 3 is 2.81 bits per heavy atom. The number of sulfonamides is 1. The predicted molar refractivity (Wildman–Crippen MR) is 71.1 cm³/mol. The van der Waals surface area contributed by atoms with E-state index in [1.165, 1.54) is 4.68 Å². The van der Waals surface area contributed by atoms with Gasteiger partial charge in [-0.15, -0.1) is 5.10 Å². The molecule has 0 amide bonds. The van der Waals surface area contributed by atoms with Gasteiger partial charge in [0.1, 0.15) is 6.04 Å². The summed E-state index contributed by atoms with van der Waals surface area (Å²) in [5, 5.41) is 16.3. The summed E-state index contributed by atoms with van der Waals surface area (Å²) >= 11 is 0. The van der Waals surface area contributed by atoms with Crippen LogP contribution in [0.1, 0.15) is 32.7 Å². The molecule has 1 fully saturated rings. The maximum atomic E-state index is 12.4. The van der Waals surface area contributed by atoms with Gasteiger partial charge < -0.3 is 9.84 Å². The molecule has 1 aromatic heterocycles. The number of aromatic nitrogens is 3. The Bertz CT molecular complexity index is 606. The molecule has 0 bridgehead atoms. The Morgan fingerprint density at radius 2 is 2.29 bits per heavy atom. The van der Waals surface area contributed by atoms with E-state index in [0.29, 0.717) is 19.4 Å². The van der Waals surface area contributed by atoms with E-state index in [9.17, 15) is 18.3 Å². The predicted octanol–water partition coefficient (Wildman–Crippen LogP) is -0.230. The van der Waals surface area contributed by atoms with Crippen LogP contribution in [0.5, 0.6) is 0 Å². The molecule has 21 heavy (non-hydrogen) atoms. The summed E-state index contributed by atoms with van der Waals surface area (Å²) in [7, 11) is -4.05. The fourth-order valence-corrected chi connectivity index (χ4v) is 3.55. The normalized spacial score (nSPS) is 20.8. The van der Waals surface area contributed by atoms with E-state index in [0.717, 1.165) is 6.20 Å². The first-order chi connectivity index (χ1) is 9.83. The van der Waals surface area contributed by atoms with Gasteiger partial charge in [-0.3, -0.25) is 4.79 Å². The molecule has 2 unspecified atom stereocenters. The summed E-state index contributed by atoms with van der Waals surface area (Å²) in [5.74, 6) is -1.27. The van der Waals surface area contributed by atoms with Crippen molar-refractivity contribution in [3.63, 3.8) is 0 Å². The Morgan fingerprint density at radius 1 is 1.57 bits per heavy atom. The molecule has 0 aromatic carbocycles. The topological polar surface area (TPSA) is 123 Å². The van der Waals surface area contributed by atoms with Crippen molar-refractivity contribution in [3.8, 4) is 0 Å². The monoisotopic (exact) mass is 318 g/mol. The molecule has 2 atom stereocenters. The van der Waals surface area contributed by atoms with Crippen LogP contribution in [0, 0.1) is 0 Å². The lowest BCUT2D eigenvalue weighted by atomic mass is 10.1. The number of nitrogens with one attached hydrogen (secondary N) is 1. The van der Waals surface area contributed by atoms with Crippen LogP contribution < -0.4 is 4.72 Å². The zero-order valence-electron chi connectivity index (χ0n) is 11.8. The highest BCUT2D eigenvalue weighted by Crippen LogP contribution is 2.19. The van der Waals surface area contributed by atoms with Crippen molar-refractivity contribution < 1.29 is 23.1 Å². The second-order valence-electron chi connectivity index (χ2n) is 5.10. The minimum atomic E-state index is -4.05. The van der Waals surface area contributed by atoms with Gasteiger partial charge in [-0.05, 0) is 26.7 Å². The molecule has 1 aliphatic rings. The van der Waals surface area contributed by atoms with Gasteiger partial charge >= 0.3 is 5.97 Å². The smallest absolute Gasteiger partial charge is 0.324 e. The van der Waals surface area contributed by atoms with Crippen LogP contribution in [0.3, 0.4) is 0 Å². The Labute approximate surface area is 122 Å². The molecule has 1 saturated heterocycles. The van der Waals surface area contributed by atoms with E-state index in [2.05, 4.69) is 15.0 Å². The molecule has 0 aliphatic carbocycles. The van der Waals surface area contributed by atoms with E-state index in [1.807, 2.05) is 0 Å². The maximum Gasteiger partial charge on any atom is 0.324 e. The van der Waals surface area contributed by atoms with E-state index in [-0.39, 0.29) is 11.1 Å². The first-order valence-corrected chi connectivity index (χ1v) is 8.08. The first kappa shape index (κ1) is 15.9. The van der Waals surface area contributed by atoms with Gasteiger partial charge in [0.25, 0.3) is 10.0 Å². The van der Waals surface area contributed by atoms with Gasteiger partial charge in [0, 0.05) is 12.6 Å². The molecule has 118 valence electrons. The summed E-state index contributed by atoms with van der Waals surface area (Å²) in [5.41, 5.74) is 0. The Balaban J connectivity index is 2.26. The highest BCUT2D eigenvalue weighted by Gasteiger charge is 2.36. The largest absolute Gasteiger partial charge is 0.480 e. The molecule has 10 heteroatoms. The van der Waals surface area contributed by atoms with E-state index >= 15 is 0 Å². The molecule has 2 heterocycles. The lowest BCUT2D eigenvalue weighted by Gasteiger charge is -2.20. The highest BCUT2D eigenvalue weighted by atomic mass is 32.2. The summed E-state index contributed by atoms with van der Waals surface area (Å²) < 4.78 is 33.4. The average Bonchev–Trinajstić information content (AvgIpc) is 3.06. The molecule has 9 nitrogen and oxygen atoms in total. The van der Waals surface area contributed by atoms with Crippen LogP contribution >= 0.6 is 0 Å². The molecule has 0 radical (unpaired) electrons. The van der Waals surface area contributed by atoms with Gasteiger partial charge in [0.2, 0.25) is 0 Å². The maximum absolute atomic E-state index is 12.4. The number of carbonyl (C=O) groups is 1. The van der Waals surface area contributed by atoms with Crippen LogP contribution in [0.2, 0.25) is 0 Å². The zero-order valence-corrected chi connectivity index (χ0v) is 12.6. The van der Waals surface area contributed by atoms with Gasteiger partial charge in [0.05, 0.1) is 12.3 Å². The fraction of sp³-hybridized carbons (Fsp3) is 0.727. The second-order valence-corrected chi connectivity index (χ2v) is 6.76.